The molecule has 0 saturated heterocycles. The predicted molar refractivity (Wildman–Crippen MR) is 216 cm³/mol. The number of allylic oxidation sites excluding steroid dienone is 10. The lowest BCUT2D eigenvalue weighted by Gasteiger charge is -2.15. The third-order valence-corrected chi connectivity index (χ3v) is 8.10. The molecule has 1 aromatic heterocycles. The quantitative estimate of drug-likeness (QED) is 0.186. The summed E-state index contributed by atoms with van der Waals surface area (Å²) < 4.78 is 2.35. The molecule has 6 aromatic rings. The van der Waals surface area contributed by atoms with Crippen LogP contribution in [-0.2, 0) is 0 Å². The maximum atomic E-state index is 4.26. The number of hydrogen-bond donors (Lipinski definition) is 1. The average Bonchev–Trinajstić information content (AvgIpc) is 3.49. The molecule has 0 aliphatic heterocycles. The minimum atomic E-state index is 1.00. The second-order valence-electron chi connectivity index (χ2n) is 11.7. The van der Waals surface area contributed by atoms with Crippen LogP contribution in [-0.4, -0.2) is 4.57 Å². The van der Waals surface area contributed by atoms with Crippen LogP contribution < -0.4 is 5.32 Å². The van der Waals surface area contributed by atoms with Crippen molar-refractivity contribution in [2.24, 2.45) is 0 Å². The van der Waals surface area contributed by atoms with E-state index in [-0.39, 0.29) is 0 Å². The molecule has 2 heteroatoms. The number of anilines is 1. The van der Waals surface area contributed by atoms with Crippen molar-refractivity contribution in [3.05, 3.63) is 212 Å². The van der Waals surface area contributed by atoms with Gasteiger partial charge in [0, 0.05) is 33.4 Å². The number of aromatic nitrogens is 1. The fraction of sp³-hybridized carbons (Fsp3) is 0.0638. The number of benzene rings is 5. The normalized spacial score (nSPS) is 16.3. The fourth-order valence-electron chi connectivity index (χ4n) is 5.81. The van der Waals surface area contributed by atoms with Crippen molar-refractivity contribution in [1.82, 2.24) is 4.57 Å². The molecule has 49 heavy (non-hydrogen) atoms. The smallest absolute Gasteiger partial charge is 0.0541 e. The van der Waals surface area contributed by atoms with Gasteiger partial charge < -0.3 is 9.88 Å². The fourth-order valence-corrected chi connectivity index (χ4v) is 5.81. The molecule has 1 N–H and O–H groups in total. The van der Waals surface area contributed by atoms with E-state index in [1.54, 1.807) is 12.2 Å². The Balaban J connectivity index is 0.000000729. The SMILES string of the molecule is C=C1\C=C/C=C\C(Nc2ccccc2)=C(c2ccc(-c3ccc4c(c3)c3ccccc3n4-c3ccccc3)cc2)\C=C\1C.C=CC.C=CC. The van der Waals surface area contributed by atoms with Crippen molar-refractivity contribution in [2.45, 2.75) is 20.8 Å². The summed E-state index contributed by atoms with van der Waals surface area (Å²) in [6, 6.07) is 45.3. The molecule has 1 aliphatic rings. The molecule has 0 bridgehead atoms. The van der Waals surface area contributed by atoms with Crippen LogP contribution in [0, 0.1) is 0 Å². The van der Waals surface area contributed by atoms with Gasteiger partial charge in [0.1, 0.15) is 0 Å². The lowest BCUT2D eigenvalue weighted by molar-refractivity contribution is 1.18. The molecule has 0 spiro atoms. The lowest BCUT2D eigenvalue weighted by Crippen LogP contribution is -2.01. The van der Waals surface area contributed by atoms with E-state index in [4.69, 9.17) is 0 Å². The summed E-state index contributed by atoms with van der Waals surface area (Å²) >= 11 is 0. The Hall–Kier alpha value is -6.12. The Morgan fingerprint density at radius 2 is 1.14 bits per heavy atom. The monoisotopic (exact) mass is 636 g/mol. The van der Waals surface area contributed by atoms with Gasteiger partial charge in [-0.3, -0.25) is 0 Å². The standard InChI is InChI=1S/C41H32N2.2C3H6/c1-29-13-9-11-19-39(42-34-14-5-3-6-15-34)37(27-30(29)2)32-23-21-31(22-24-32)33-25-26-41-38(28-33)36-18-10-12-20-40(36)43(41)35-16-7-4-8-17-35;2*1-3-2/h3-28,42H,1H2,2H3;2*3H,1H2,2H3/b13-9-,19-11-,30-27+,39-37+;;. The van der Waals surface area contributed by atoms with Gasteiger partial charge >= 0.3 is 0 Å². The van der Waals surface area contributed by atoms with Gasteiger partial charge in [0.15, 0.2) is 0 Å². The molecule has 7 rings (SSSR count). The average molecular weight is 637 g/mol. The first-order chi connectivity index (χ1) is 24.0. The highest BCUT2D eigenvalue weighted by Crippen LogP contribution is 2.35. The third kappa shape index (κ3) is 8.06. The van der Waals surface area contributed by atoms with Crippen LogP contribution in [0.5, 0.6) is 0 Å². The lowest BCUT2D eigenvalue weighted by atomic mass is 9.95. The summed E-state index contributed by atoms with van der Waals surface area (Å²) in [7, 11) is 0. The summed E-state index contributed by atoms with van der Waals surface area (Å²) in [5.74, 6) is 0. The summed E-state index contributed by atoms with van der Waals surface area (Å²) in [5, 5.41) is 6.15. The zero-order valence-corrected chi connectivity index (χ0v) is 28.7. The van der Waals surface area contributed by atoms with E-state index in [1.807, 2.05) is 38.1 Å². The van der Waals surface area contributed by atoms with Gasteiger partial charge in [-0.2, -0.15) is 0 Å². The van der Waals surface area contributed by atoms with Crippen LogP contribution >= 0.6 is 0 Å². The van der Waals surface area contributed by atoms with Crippen LogP contribution in [0.3, 0.4) is 0 Å². The van der Waals surface area contributed by atoms with Gasteiger partial charge in [-0.05, 0) is 103 Å². The van der Waals surface area contributed by atoms with Gasteiger partial charge in [-0.15, -0.1) is 13.2 Å². The van der Waals surface area contributed by atoms with E-state index >= 15 is 0 Å². The Morgan fingerprint density at radius 1 is 0.592 bits per heavy atom. The molecule has 1 heterocycles. The van der Waals surface area contributed by atoms with E-state index < -0.39 is 0 Å². The first kappa shape index (κ1) is 34.2. The van der Waals surface area contributed by atoms with Crippen molar-refractivity contribution in [1.29, 1.82) is 0 Å². The van der Waals surface area contributed by atoms with Gasteiger partial charge in [0.2, 0.25) is 0 Å². The maximum absolute atomic E-state index is 4.26. The van der Waals surface area contributed by atoms with Crippen LogP contribution in [0.4, 0.5) is 5.69 Å². The van der Waals surface area contributed by atoms with Gasteiger partial charge in [0.25, 0.3) is 0 Å². The van der Waals surface area contributed by atoms with Gasteiger partial charge in [0.05, 0.1) is 11.0 Å². The van der Waals surface area contributed by atoms with Gasteiger partial charge in [-0.25, -0.2) is 0 Å². The van der Waals surface area contributed by atoms with Crippen LogP contribution in [0.2, 0.25) is 0 Å². The largest absolute Gasteiger partial charge is 0.355 e. The van der Waals surface area contributed by atoms with E-state index in [1.165, 1.54) is 38.6 Å². The molecule has 2 nitrogen and oxygen atoms in total. The van der Waals surface area contributed by atoms with Crippen molar-refractivity contribution < 1.29 is 0 Å². The molecular formula is C47H44N2. The minimum absolute atomic E-state index is 1.00. The molecule has 5 aromatic carbocycles. The Bertz CT molecular complexity index is 2180. The zero-order chi connectivity index (χ0) is 34.6. The topological polar surface area (TPSA) is 17.0 Å². The van der Waals surface area contributed by atoms with Gasteiger partial charge in [-0.1, -0.05) is 122 Å². The molecular weight excluding hydrogens is 593 g/mol. The third-order valence-electron chi connectivity index (χ3n) is 8.10. The van der Waals surface area contributed by atoms with E-state index in [9.17, 15) is 0 Å². The van der Waals surface area contributed by atoms with Crippen molar-refractivity contribution in [3.63, 3.8) is 0 Å². The minimum Gasteiger partial charge on any atom is -0.355 e. The maximum Gasteiger partial charge on any atom is 0.0541 e. The van der Waals surface area contributed by atoms with Crippen molar-refractivity contribution >= 4 is 33.1 Å². The Kier molecular flexibility index (Phi) is 11.6. The summed E-state index contributed by atoms with van der Waals surface area (Å²) in [6.45, 7) is 16.9. The first-order valence-electron chi connectivity index (χ1n) is 16.6. The van der Waals surface area contributed by atoms with E-state index in [0.717, 1.165) is 33.7 Å². The first-order valence-corrected chi connectivity index (χ1v) is 16.6. The number of rotatable bonds is 5. The number of nitrogens with one attached hydrogen (secondary N) is 1. The second kappa shape index (κ2) is 16.6. The van der Waals surface area contributed by atoms with E-state index in [0.29, 0.717) is 0 Å². The number of hydrogen-bond acceptors (Lipinski definition) is 1. The molecule has 0 saturated carbocycles. The van der Waals surface area contributed by atoms with Crippen LogP contribution in [0.1, 0.15) is 26.3 Å². The predicted octanol–water partition coefficient (Wildman–Crippen LogP) is 13.3. The van der Waals surface area contributed by atoms with Crippen LogP contribution in [0.25, 0.3) is 44.2 Å². The highest BCUT2D eigenvalue weighted by atomic mass is 15.0. The van der Waals surface area contributed by atoms with Crippen LogP contribution in [0.15, 0.2) is 207 Å². The summed E-state index contributed by atoms with van der Waals surface area (Å²) in [5.41, 5.74) is 12.5. The Labute approximate surface area is 291 Å². The molecule has 0 fully saturated rings. The molecule has 1 aliphatic carbocycles. The number of para-hydroxylation sites is 3. The highest BCUT2D eigenvalue weighted by Gasteiger charge is 2.14. The number of nitrogens with zero attached hydrogens (tertiary/aromatic N) is 1. The molecule has 0 radical (unpaired) electrons. The van der Waals surface area contributed by atoms with Crippen molar-refractivity contribution in [3.8, 4) is 16.8 Å². The second-order valence-corrected chi connectivity index (χ2v) is 11.7. The summed E-state index contributed by atoms with van der Waals surface area (Å²) in [4.78, 5) is 0. The van der Waals surface area contributed by atoms with Crippen molar-refractivity contribution in [2.75, 3.05) is 5.32 Å². The zero-order valence-electron chi connectivity index (χ0n) is 28.7. The number of fused-ring (bicyclic) bond motifs is 3. The molecule has 242 valence electrons. The van der Waals surface area contributed by atoms with E-state index in [2.05, 4.69) is 170 Å². The molecule has 0 atom stereocenters. The highest BCUT2D eigenvalue weighted by molar-refractivity contribution is 6.10. The Morgan fingerprint density at radius 3 is 1.84 bits per heavy atom. The summed E-state index contributed by atoms with van der Waals surface area (Å²) in [6.07, 6.45) is 14.0. The molecule has 0 unspecified atom stereocenters. The molecule has 0 amide bonds.